The van der Waals surface area contributed by atoms with Gasteiger partial charge in [0.1, 0.15) is 17.5 Å². The number of alkyl halides is 1. The molecule has 1 fully saturated rings. The van der Waals surface area contributed by atoms with Gasteiger partial charge in [-0.1, -0.05) is 29.8 Å². The van der Waals surface area contributed by atoms with Crippen LogP contribution < -0.4 is 4.74 Å². The van der Waals surface area contributed by atoms with Crippen molar-refractivity contribution in [3.63, 3.8) is 0 Å². The molecular weight excluding hydrogens is 491 g/mol. The number of pyridine rings is 1. The molecule has 1 aromatic heterocycles. The van der Waals surface area contributed by atoms with Crippen LogP contribution >= 0.6 is 23.2 Å². The third-order valence-corrected chi connectivity index (χ3v) is 6.94. The lowest BCUT2D eigenvalue weighted by Crippen LogP contribution is -2.47. The summed E-state index contributed by atoms with van der Waals surface area (Å²) >= 11 is 11.7. The van der Waals surface area contributed by atoms with Crippen LogP contribution in [0.1, 0.15) is 36.8 Å². The molecule has 3 heterocycles. The summed E-state index contributed by atoms with van der Waals surface area (Å²) < 4.78 is 11.3. The van der Waals surface area contributed by atoms with Gasteiger partial charge in [0.25, 0.3) is 0 Å². The third-order valence-electron chi connectivity index (χ3n) is 6.57. The molecule has 9 heteroatoms. The summed E-state index contributed by atoms with van der Waals surface area (Å²) in [6, 6.07) is 10.8. The SMILES string of the molecule is CC1=C(C(=O)O)[C@H](c2ccc(Cl)nc2)C(Cc2ccc(OCCCl)cc2)C(=O)N1C[C@H]1CCCO1. The van der Waals surface area contributed by atoms with E-state index in [4.69, 9.17) is 32.7 Å². The zero-order valence-corrected chi connectivity index (χ0v) is 21.0. The van der Waals surface area contributed by atoms with Gasteiger partial charge in [0, 0.05) is 24.4 Å². The van der Waals surface area contributed by atoms with Gasteiger partial charge in [-0.2, -0.15) is 0 Å². The van der Waals surface area contributed by atoms with E-state index >= 15 is 0 Å². The first-order valence-corrected chi connectivity index (χ1v) is 12.6. The molecule has 1 N–H and O–H groups in total. The quantitative estimate of drug-likeness (QED) is 0.383. The molecule has 2 aliphatic rings. The highest BCUT2D eigenvalue weighted by molar-refractivity contribution is 6.29. The molecule has 4 rings (SSSR count). The van der Waals surface area contributed by atoms with E-state index in [1.807, 2.05) is 24.3 Å². The van der Waals surface area contributed by atoms with Crippen molar-refractivity contribution < 1.29 is 24.2 Å². The van der Waals surface area contributed by atoms with Crippen molar-refractivity contribution in [3.05, 3.63) is 70.1 Å². The molecule has 7 nitrogen and oxygen atoms in total. The fourth-order valence-electron chi connectivity index (χ4n) is 4.89. The van der Waals surface area contributed by atoms with Gasteiger partial charge in [0.2, 0.25) is 5.91 Å². The number of hydrogen-bond acceptors (Lipinski definition) is 5. The number of aromatic nitrogens is 1. The normalized spacial score (nSPS) is 22.5. The van der Waals surface area contributed by atoms with Crippen LogP contribution in [0.2, 0.25) is 5.15 Å². The Bertz CT molecular complexity index is 1080. The number of halogens is 2. The van der Waals surface area contributed by atoms with E-state index in [9.17, 15) is 14.7 Å². The van der Waals surface area contributed by atoms with Gasteiger partial charge in [-0.3, -0.25) is 4.79 Å². The standard InChI is InChI=1S/C26H28Cl2N2O5/c1-16-23(26(32)33)24(18-6-9-22(28)29-14-18)21(25(31)30(16)15-20-3-2-11-34-20)13-17-4-7-19(8-5-17)35-12-10-27/h4-9,14,20-21,24H,2-3,10-13,15H2,1H3,(H,32,33)/t20-,21?,24-/m1/s1. The van der Waals surface area contributed by atoms with Crippen LogP contribution in [-0.4, -0.2) is 58.6 Å². The molecule has 0 radical (unpaired) electrons. The topological polar surface area (TPSA) is 89.0 Å². The molecule has 0 bridgehead atoms. The number of aliphatic carboxylic acids is 1. The Balaban J connectivity index is 1.72. The first kappa shape index (κ1) is 25.5. The summed E-state index contributed by atoms with van der Waals surface area (Å²) in [4.78, 5) is 32.2. The summed E-state index contributed by atoms with van der Waals surface area (Å²) in [5.74, 6) is -1.40. The van der Waals surface area contributed by atoms with Gasteiger partial charge in [-0.15, -0.1) is 11.6 Å². The lowest BCUT2D eigenvalue weighted by molar-refractivity contribution is -0.139. The van der Waals surface area contributed by atoms with Gasteiger partial charge >= 0.3 is 5.97 Å². The average molecular weight is 519 g/mol. The Hall–Kier alpha value is -2.61. The number of hydrogen-bond donors (Lipinski definition) is 1. The smallest absolute Gasteiger partial charge is 0.333 e. The van der Waals surface area contributed by atoms with Crippen molar-refractivity contribution in [2.45, 2.75) is 38.2 Å². The van der Waals surface area contributed by atoms with Gasteiger partial charge in [-0.25, -0.2) is 9.78 Å². The molecule has 1 saturated heterocycles. The lowest BCUT2D eigenvalue weighted by atomic mass is 9.74. The summed E-state index contributed by atoms with van der Waals surface area (Å²) in [6.45, 7) is 3.10. The molecule has 186 valence electrons. The minimum atomic E-state index is -1.05. The number of carbonyl (C=O) groups excluding carboxylic acids is 1. The zero-order chi connectivity index (χ0) is 24.9. The molecule has 2 aromatic rings. The highest BCUT2D eigenvalue weighted by atomic mass is 35.5. The van der Waals surface area contributed by atoms with Crippen molar-refractivity contribution >= 4 is 35.1 Å². The summed E-state index contributed by atoms with van der Waals surface area (Å²) in [6.07, 6.45) is 3.59. The second-order valence-electron chi connectivity index (χ2n) is 8.77. The zero-order valence-electron chi connectivity index (χ0n) is 19.5. The maximum atomic E-state index is 13.9. The number of carboxylic acid groups (broad SMARTS) is 1. The van der Waals surface area contributed by atoms with Crippen LogP contribution in [0, 0.1) is 5.92 Å². The molecular formula is C26H28Cl2N2O5. The van der Waals surface area contributed by atoms with Crippen molar-refractivity contribution in [3.8, 4) is 5.75 Å². The van der Waals surface area contributed by atoms with Gasteiger partial charge in [0.05, 0.1) is 30.0 Å². The van der Waals surface area contributed by atoms with Crippen molar-refractivity contribution in [2.75, 3.05) is 25.6 Å². The van der Waals surface area contributed by atoms with Crippen molar-refractivity contribution in [1.29, 1.82) is 0 Å². The monoisotopic (exact) mass is 518 g/mol. The molecule has 0 saturated carbocycles. The van der Waals surface area contributed by atoms with E-state index in [2.05, 4.69) is 4.98 Å². The fourth-order valence-corrected chi connectivity index (χ4v) is 5.08. The van der Waals surface area contributed by atoms with Crippen molar-refractivity contribution in [1.82, 2.24) is 9.88 Å². The van der Waals surface area contributed by atoms with Crippen LogP contribution in [0.4, 0.5) is 0 Å². The number of ether oxygens (including phenoxy) is 2. The predicted octanol–water partition coefficient (Wildman–Crippen LogP) is 4.67. The Labute approximate surface area is 214 Å². The number of benzene rings is 1. The van der Waals surface area contributed by atoms with Gasteiger partial charge < -0.3 is 19.5 Å². The van der Waals surface area contributed by atoms with Crippen LogP contribution in [0.25, 0.3) is 0 Å². The number of carboxylic acids is 1. The molecule has 1 amide bonds. The third kappa shape index (κ3) is 5.80. The van der Waals surface area contributed by atoms with Crippen molar-refractivity contribution in [2.24, 2.45) is 5.92 Å². The molecule has 1 aromatic carbocycles. The number of rotatable bonds is 9. The molecule has 3 atom stereocenters. The van der Waals surface area contributed by atoms with Gasteiger partial charge in [-0.05, 0) is 55.5 Å². The maximum absolute atomic E-state index is 13.9. The Morgan fingerprint density at radius 2 is 2.03 bits per heavy atom. The van der Waals surface area contributed by atoms with Crippen LogP contribution in [0.5, 0.6) is 5.75 Å². The van der Waals surface area contributed by atoms with E-state index < -0.39 is 17.8 Å². The fraction of sp³-hybridized carbons (Fsp3) is 0.423. The highest BCUT2D eigenvalue weighted by Crippen LogP contribution is 2.42. The molecule has 1 unspecified atom stereocenters. The van der Waals surface area contributed by atoms with E-state index in [0.29, 0.717) is 54.2 Å². The van der Waals surface area contributed by atoms with E-state index in [-0.39, 0.29) is 17.6 Å². The maximum Gasteiger partial charge on any atom is 0.333 e. The van der Waals surface area contributed by atoms with E-state index in [0.717, 1.165) is 18.4 Å². The summed E-state index contributed by atoms with van der Waals surface area (Å²) in [5, 5.41) is 10.6. The van der Waals surface area contributed by atoms with E-state index in [1.165, 1.54) is 0 Å². The number of amides is 1. The highest BCUT2D eigenvalue weighted by Gasteiger charge is 2.44. The number of nitrogens with zero attached hydrogens (tertiary/aromatic N) is 2. The van der Waals surface area contributed by atoms with E-state index in [1.54, 1.807) is 30.2 Å². The average Bonchev–Trinajstić information content (AvgIpc) is 3.36. The van der Waals surface area contributed by atoms with Crippen LogP contribution in [0.3, 0.4) is 0 Å². The predicted molar refractivity (Wildman–Crippen MR) is 133 cm³/mol. The van der Waals surface area contributed by atoms with Crippen LogP contribution in [0.15, 0.2) is 53.9 Å². The number of carbonyl (C=O) groups is 2. The Morgan fingerprint density at radius 3 is 2.63 bits per heavy atom. The molecule has 2 aliphatic heterocycles. The largest absolute Gasteiger partial charge is 0.492 e. The minimum absolute atomic E-state index is 0.100. The second-order valence-corrected chi connectivity index (χ2v) is 9.54. The molecule has 35 heavy (non-hydrogen) atoms. The second kappa shape index (κ2) is 11.4. The lowest BCUT2D eigenvalue weighted by Gasteiger charge is -2.40. The minimum Gasteiger partial charge on any atom is -0.492 e. The van der Waals surface area contributed by atoms with Gasteiger partial charge in [0.15, 0.2) is 0 Å². The molecule has 0 aliphatic carbocycles. The first-order valence-electron chi connectivity index (χ1n) is 11.6. The first-order chi connectivity index (χ1) is 16.9. The summed E-state index contributed by atoms with van der Waals surface area (Å²) in [5.41, 5.74) is 2.18. The molecule has 0 spiro atoms. The Kier molecular flexibility index (Phi) is 8.31. The summed E-state index contributed by atoms with van der Waals surface area (Å²) in [7, 11) is 0. The number of allylic oxidation sites excluding steroid dienone is 1. The Morgan fingerprint density at radius 1 is 1.26 bits per heavy atom. The van der Waals surface area contributed by atoms with Crippen LogP contribution in [-0.2, 0) is 20.7 Å².